The Kier molecular flexibility index (Phi) is 6.80. The highest BCUT2D eigenvalue weighted by Gasteiger charge is 2.23. The van der Waals surface area contributed by atoms with Crippen molar-refractivity contribution < 1.29 is 21.9 Å². The van der Waals surface area contributed by atoms with Crippen LogP contribution in [0.3, 0.4) is 0 Å². The Morgan fingerprint density at radius 2 is 1.69 bits per heavy atom. The SMILES string of the molecule is Bc1cnn2c(NCCCNS(=O)(=O)c3ccccc3S(N)(=O)=O)cc(-c3ccccc3O)nc12. The van der Waals surface area contributed by atoms with Crippen molar-refractivity contribution in [2.75, 3.05) is 18.4 Å². The lowest BCUT2D eigenvalue weighted by atomic mass is 10.0. The van der Waals surface area contributed by atoms with E-state index in [0.717, 1.165) is 11.5 Å². The number of sulfonamides is 2. The molecule has 182 valence electrons. The van der Waals surface area contributed by atoms with Gasteiger partial charge in [0.2, 0.25) is 20.0 Å². The maximum atomic E-state index is 12.6. The van der Waals surface area contributed by atoms with E-state index in [9.17, 15) is 21.9 Å². The van der Waals surface area contributed by atoms with Gasteiger partial charge in [0, 0.05) is 30.9 Å². The average Bonchev–Trinajstić information content (AvgIpc) is 3.19. The van der Waals surface area contributed by atoms with Gasteiger partial charge in [0.15, 0.2) is 5.65 Å². The number of hydrogen-bond donors (Lipinski definition) is 4. The molecule has 4 rings (SSSR count). The summed E-state index contributed by atoms with van der Waals surface area (Å²) in [4.78, 5) is 3.75. The molecule has 0 amide bonds. The number of aromatic hydroxyl groups is 1. The number of nitrogens with two attached hydrogens (primary N) is 1. The summed E-state index contributed by atoms with van der Waals surface area (Å²) in [5.41, 5.74) is 2.60. The summed E-state index contributed by atoms with van der Waals surface area (Å²) >= 11 is 0. The molecule has 35 heavy (non-hydrogen) atoms. The van der Waals surface area contributed by atoms with E-state index in [1.54, 1.807) is 41.0 Å². The molecular weight excluding hydrogens is 491 g/mol. The third-order valence-corrected chi connectivity index (χ3v) is 7.84. The van der Waals surface area contributed by atoms with Crippen molar-refractivity contribution in [2.24, 2.45) is 5.14 Å². The Labute approximate surface area is 203 Å². The van der Waals surface area contributed by atoms with Crippen molar-refractivity contribution in [3.05, 3.63) is 60.8 Å². The smallest absolute Gasteiger partial charge is 0.241 e. The normalized spacial score (nSPS) is 12.1. The lowest BCUT2D eigenvalue weighted by Crippen LogP contribution is -2.28. The van der Waals surface area contributed by atoms with Crippen molar-refractivity contribution in [1.29, 1.82) is 0 Å². The van der Waals surface area contributed by atoms with Gasteiger partial charge in [-0.25, -0.2) is 31.7 Å². The molecule has 2 aromatic heterocycles. The third-order valence-electron chi connectivity index (χ3n) is 5.23. The predicted octanol–water partition coefficient (Wildman–Crippen LogP) is -0.212. The molecule has 2 heterocycles. The van der Waals surface area contributed by atoms with E-state index < -0.39 is 29.8 Å². The molecule has 0 saturated carbocycles. The van der Waals surface area contributed by atoms with Gasteiger partial charge in [0.05, 0.1) is 5.69 Å². The maximum Gasteiger partial charge on any atom is 0.241 e. The second kappa shape index (κ2) is 9.66. The van der Waals surface area contributed by atoms with Gasteiger partial charge in [-0.1, -0.05) is 24.3 Å². The minimum Gasteiger partial charge on any atom is -0.507 e. The van der Waals surface area contributed by atoms with Crippen LogP contribution in [-0.2, 0) is 20.0 Å². The highest BCUT2D eigenvalue weighted by atomic mass is 32.2. The summed E-state index contributed by atoms with van der Waals surface area (Å²) < 4.78 is 52.8. The second-order valence-corrected chi connectivity index (χ2v) is 11.0. The number of fused-ring (bicyclic) bond motifs is 1. The zero-order valence-corrected chi connectivity index (χ0v) is 20.3. The fourth-order valence-electron chi connectivity index (χ4n) is 3.52. The van der Waals surface area contributed by atoms with Crippen LogP contribution in [0, 0.1) is 0 Å². The maximum absolute atomic E-state index is 12.6. The van der Waals surface area contributed by atoms with Crippen molar-refractivity contribution in [1.82, 2.24) is 19.3 Å². The standard InChI is InChI=1S/C21H23BN6O5S2/c22-15-13-25-28-20(12-16(27-21(15)28)14-6-1-2-7-17(14)29)24-10-5-11-26-35(32,33)19-9-4-3-8-18(19)34(23,30)31/h1-4,6-9,12-13,24,26,29H,5,10-11,22H2,(H2,23,30,31). The molecule has 11 nitrogen and oxygen atoms in total. The van der Waals surface area contributed by atoms with Gasteiger partial charge in [-0.2, -0.15) is 9.61 Å². The van der Waals surface area contributed by atoms with Crippen LogP contribution in [0.15, 0.2) is 70.6 Å². The predicted molar refractivity (Wildman–Crippen MR) is 134 cm³/mol. The number of rotatable bonds is 9. The van der Waals surface area contributed by atoms with E-state index in [4.69, 9.17) is 5.14 Å². The number of nitrogens with one attached hydrogen (secondary N) is 2. The minimum atomic E-state index is -4.20. The number of anilines is 1. The van der Waals surface area contributed by atoms with Crippen LogP contribution < -0.4 is 20.6 Å². The van der Waals surface area contributed by atoms with Crippen LogP contribution in [-0.4, -0.2) is 57.5 Å². The number of hydrogen-bond acceptors (Lipinski definition) is 8. The van der Waals surface area contributed by atoms with Crippen LogP contribution in [0.25, 0.3) is 16.9 Å². The summed E-state index contributed by atoms with van der Waals surface area (Å²) in [5.74, 6) is 0.713. The molecule has 0 bridgehead atoms. The highest BCUT2D eigenvalue weighted by molar-refractivity contribution is 7.92. The van der Waals surface area contributed by atoms with Gasteiger partial charge in [-0.15, -0.1) is 0 Å². The molecule has 0 unspecified atom stereocenters. The Bertz CT molecular complexity index is 1610. The van der Waals surface area contributed by atoms with Crippen molar-refractivity contribution in [3.8, 4) is 17.0 Å². The fraction of sp³-hybridized carbons (Fsp3) is 0.143. The molecule has 2 aromatic carbocycles. The van der Waals surface area contributed by atoms with E-state index in [1.807, 2.05) is 7.85 Å². The Hall–Kier alpha value is -3.46. The number of phenols is 1. The van der Waals surface area contributed by atoms with Crippen molar-refractivity contribution >= 4 is 44.8 Å². The second-order valence-electron chi connectivity index (χ2n) is 7.78. The number of para-hydroxylation sites is 1. The molecule has 0 fully saturated rings. The Balaban J connectivity index is 1.47. The van der Waals surface area contributed by atoms with Gasteiger partial charge >= 0.3 is 0 Å². The van der Waals surface area contributed by atoms with Crippen LogP contribution in [0.4, 0.5) is 5.82 Å². The van der Waals surface area contributed by atoms with E-state index in [2.05, 4.69) is 20.1 Å². The number of nitrogens with zero attached hydrogens (tertiary/aromatic N) is 3. The van der Waals surface area contributed by atoms with Crippen LogP contribution in [0.2, 0.25) is 0 Å². The molecule has 0 aliphatic carbocycles. The molecule has 14 heteroatoms. The Morgan fingerprint density at radius 3 is 2.40 bits per heavy atom. The van der Waals surface area contributed by atoms with Gasteiger partial charge in [-0.05, 0) is 36.1 Å². The largest absolute Gasteiger partial charge is 0.507 e. The number of aromatic nitrogens is 3. The lowest BCUT2D eigenvalue weighted by molar-refractivity contribution is 0.477. The van der Waals surface area contributed by atoms with E-state index in [0.29, 0.717) is 35.7 Å². The number of phenolic OH excluding ortho intramolecular Hbond substituents is 1. The summed E-state index contributed by atoms with van der Waals surface area (Å²) in [6.45, 7) is 0.421. The van der Waals surface area contributed by atoms with Gasteiger partial charge in [-0.3, -0.25) is 0 Å². The van der Waals surface area contributed by atoms with E-state index in [1.165, 1.54) is 18.2 Å². The van der Waals surface area contributed by atoms with E-state index >= 15 is 0 Å². The molecule has 0 saturated heterocycles. The zero-order valence-electron chi connectivity index (χ0n) is 18.7. The lowest BCUT2D eigenvalue weighted by Gasteiger charge is -2.13. The molecule has 4 aromatic rings. The molecule has 0 spiro atoms. The van der Waals surface area contributed by atoms with Gasteiger partial charge in [0.25, 0.3) is 0 Å². The topological polar surface area (TPSA) is 169 Å². The fourth-order valence-corrected chi connectivity index (χ4v) is 5.98. The number of primary sulfonamides is 1. The van der Waals surface area contributed by atoms with Crippen LogP contribution in [0.1, 0.15) is 6.42 Å². The molecule has 0 atom stereocenters. The van der Waals surface area contributed by atoms with Gasteiger partial charge in [0.1, 0.15) is 29.2 Å². The zero-order chi connectivity index (χ0) is 25.2. The molecule has 5 N–H and O–H groups in total. The number of benzene rings is 2. The molecule has 0 radical (unpaired) electrons. The quantitative estimate of drug-likeness (QED) is 0.176. The molecular formula is C21H23BN6O5S2. The van der Waals surface area contributed by atoms with Crippen molar-refractivity contribution in [3.63, 3.8) is 0 Å². The summed E-state index contributed by atoms with van der Waals surface area (Å²) in [5, 5.41) is 22.9. The van der Waals surface area contributed by atoms with Crippen LogP contribution in [0.5, 0.6) is 5.75 Å². The summed E-state index contributed by atoms with van der Waals surface area (Å²) in [6, 6.07) is 13.8. The first-order chi connectivity index (χ1) is 16.6. The minimum absolute atomic E-state index is 0.0486. The van der Waals surface area contributed by atoms with Gasteiger partial charge < -0.3 is 10.4 Å². The first kappa shape index (κ1) is 24.7. The molecule has 0 aliphatic rings. The highest BCUT2D eigenvalue weighted by Crippen LogP contribution is 2.29. The van der Waals surface area contributed by atoms with Crippen LogP contribution >= 0.6 is 0 Å². The monoisotopic (exact) mass is 514 g/mol. The first-order valence-corrected chi connectivity index (χ1v) is 13.6. The Morgan fingerprint density at radius 1 is 1.00 bits per heavy atom. The third kappa shape index (κ3) is 5.30. The molecule has 0 aliphatic heterocycles. The summed E-state index contributed by atoms with van der Waals surface area (Å²) in [7, 11) is -6.42. The summed E-state index contributed by atoms with van der Waals surface area (Å²) in [6.07, 6.45) is 2.06. The van der Waals surface area contributed by atoms with Crippen molar-refractivity contribution in [2.45, 2.75) is 16.2 Å². The first-order valence-electron chi connectivity index (χ1n) is 10.6. The average molecular weight is 514 g/mol. The van der Waals surface area contributed by atoms with E-state index in [-0.39, 0.29) is 12.3 Å².